The average molecular weight is 316 g/mol. The number of hydrogen-bond donors (Lipinski definition) is 2. The van der Waals surface area contributed by atoms with Gasteiger partial charge in [0.1, 0.15) is 0 Å². The predicted molar refractivity (Wildman–Crippen MR) is 71.3 cm³/mol. The molecule has 1 aromatic carbocycles. The Balaban J connectivity index is 2.03. The zero-order chi connectivity index (χ0) is 10.9. The number of halogens is 1. The standard InChI is InChI=1S/C12H17IN2/c1-12(6-7-12)11(15-14)8-9-2-4-10(13)5-3-9/h2-5,11,15H,6-8,14H2,1H3. The van der Waals surface area contributed by atoms with Crippen LogP contribution in [0.1, 0.15) is 25.3 Å². The lowest BCUT2D eigenvalue weighted by molar-refractivity contribution is 0.359. The van der Waals surface area contributed by atoms with E-state index < -0.39 is 0 Å². The highest BCUT2D eigenvalue weighted by atomic mass is 127. The molecule has 1 fully saturated rings. The summed E-state index contributed by atoms with van der Waals surface area (Å²) < 4.78 is 1.28. The van der Waals surface area contributed by atoms with E-state index in [0.717, 1.165) is 6.42 Å². The van der Waals surface area contributed by atoms with Crippen LogP contribution in [0.3, 0.4) is 0 Å². The lowest BCUT2D eigenvalue weighted by Gasteiger charge is -2.22. The smallest absolute Gasteiger partial charge is 0.0304 e. The van der Waals surface area contributed by atoms with Gasteiger partial charge in [0.2, 0.25) is 0 Å². The molecule has 1 atom stereocenters. The zero-order valence-corrected chi connectivity index (χ0v) is 11.1. The van der Waals surface area contributed by atoms with E-state index in [1.807, 2.05) is 0 Å². The van der Waals surface area contributed by atoms with E-state index in [2.05, 4.69) is 59.2 Å². The Morgan fingerprint density at radius 3 is 2.47 bits per heavy atom. The molecule has 3 heteroatoms. The van der Waals surface area contributed by atoms with Crippen LogP contribution in [0.4, 0.5) is 0 Å². The molecule has 0 spiro atoms. The van der Waals surface area contributed by atoms with Crippen LogP contribution in [-0.2, 0) is 6.42 Å². The first-order valence-corrected chi connectivity index (χ1v) is 6.42. The van der Waals surface area contributed by atoms with Crippen LogP contribution >= 0.6 is 22.6 Å². The minimum Gasteiger partial charge on any atom is -0.271 e. The molecule has 0 aliphatic heterocycles. The second-order valence-electron chi connectivity index (χ2n) is 4.70. The number of benzene rings is 1. The number of rotatable bonds is 4. The highest BCUT2D eigenvalue weighted by Crippen LogP contribution is 2.48. The molecule has 1 saturated carbocycles. The summed E-state index contributed by atoms with van der Waals surface area (Å²) in [5.74, 6) is 5.63. The van der Waals surface area contributed by atoms with Crippen molar-refractivity contribution >= 4 is 22.6 Å². The van der Waals surface area contributed by atoms with Crippen LogP contribution in [0.15, 0.2) is 24.3 Å². The normalized spacial score (nSPS) is 19.9. The third kappa shape index (κ3) is 2.71. The van der Waals surface area contributed by atoms with E-state index in [9.17, 15) is 0 Å². The molecule has 2 nitrogen and oxygen atoms in total. The maximum Gasteiger partial charge on any atom is 0.0304 e. The summed E-state index contributed by atoms with van der Waals surface area (Å²) in [5.41, 5.74) is 4.76. The summed E-state index contributed by atoms with van der Waals surface area (Å²) in [6.07, 6.45) is 3.63. The Hall–Kier alpha value is -0.130. The quantitative estimate of drug-likeness (QED) is 0.509. The monoisotopic (exact) mass is 316 g/mol. The molecule has 0 saturated heterocycles. The predicted octanol–water partition coefficient (Wildman–Crippen LogP) is 2.47. The Morgan fingerprint density at radius 2 is 2.00 bits per heavy atom. The summed E-state index contributed by atoms with van der Waals surface area (Å²) in [4.78, 5) is 0. The van der Waals surface area contributed by atoms with E-state index in [1.54, 1.807) is 0 Å². The molecule has 1 aliphatic rings. The maximum atomic E-state index is 5.63. The van der Waals surface area contributed by atoms with Crippen molar-refractivity contribution in [3.63, 3.8) is 0 Å². The van der Waals surface area contributed by atoms with Gasteiger partial charge in [0.15, 0.2) is 0 Å². The van der Waals surface area contributed by atoms with Crippen molar-refractivity contribution in [2.45, 2.75) is 32.2 Å². The van der Waals surface area contributed by atoms with E-state index in [-0.39, 0.29) is 0 Å². The molecule has 1 aliphatic carbocycles. The largest absolute Gasteiger partial charge is 0.271 e. The van der Waals surface area contributed by atoms with Crippen molar-refractivity contribution in [2.75, 3.05) is 0 Å². The SMILES string of the molecule is CC1(C(Cc2ccc(I)cc2)NN)CC1. The third-order valence-corrected chi connectivity index (χ3v) is 4.15. The molecule has 15 heavy (non-hydrogen) atoms. The summed E-state index contributed by atoms with van der Waals surface area (Å²) in [5, 5.41) is 0. The van der Waals surface area contributed by atoms with Gasteiger partial charge >= 0.3 is 0 Å². The average Bonchev–Trinajstić information content (AvgIpc) is 2.96. The first-order chi connectivity index (χ1) is 7.14. The van der Waals surface area contributed by atoms with Gasteiger partial charge < -0.3 is 0 Å². The van der Waals surface area contributed by atoms with Crippen LogP contribution in [0.2, 0.25) is 0 Å². The molecule has 0 heterocycles. The fourth-order valence-electron chi connectivity index (χ4n) is 1.91. The van der Waals surface area contributed by atoms with Gasteiger partial charge in [-0.25, -0.2) is 0 Å². The Morgan fingerprint density at radius 1 is 1.40 bits per heavy atom. The summed E-state index contributed by atoms with van der Waals surface area (Å²) in [7, 11) is 0. The number of hydrazine groups is 1. The van der Waals surface area contributed by atoms with Crippen LogP contribution in [0.25, 0.3) is 0 Å². The Bertz CT molecular complexity index is 330. The minimum atomic E-state index is 0.414. The van der Waals surface area contributed by atoms with Crippen molar-refractivity contribution in [2.24, 2.45) is 11.3 Å². The van der Waals surface area contributed by atoms with E-state index >= 15 is 0 Å². The van der Waals surface area contributed by atoms with Gasteiger partial charge in [-0.2, -0.15) is 0 Å². The van der Waals surface area contributed by atoms with Crippen molar-refractivity contribution in [1.82, 2.24) is 5.43 Å². The molecule has 3 N–H and O–H groups in total. The number of hydrogen-bond acceptors (Lipinski definition) is 2. The second-order valence-corrected chi connectivity index (χ2v) is 5.95. The fraction of sp³-hybridized carbons (Fsp3) is 0.500. The molecule has 1 aromatic rings. The van der Waals surface area contributed by atoms with Crippen LogP contribution in [0, 0.1) is 8.99 Å². The summed E-state index contributed by atoms with van der Waals surface area (Å²) in [6, 6.07) is 9.10. The van der Waals surface area contributed by atoms with Gasteiger partial charge in [0, 0.05) is 9.61 Å². The van der Waals surface area contributed by atoms with E-state index in [0.29, 0.717) is 11.5 Å². The zero-order valence-electron chi connectivity index (χ0n) is 8.96. The van der Waals surface area contributed by atoms with Crippen molar-refractivity contribution in [1.29, 1.82) is 0 Å². The lowest BCUT2D eigenvalue weighted by atomic mass is 9.93. The highest BCUT2D eigenvalue weighted by molar-refractivity contribution is 14.1. The van der Waals surface area contributed by atoms with Crippen molar-refractivity contribution in [3.8, 4) is 0 Å². The fourth-order valence-corrected chi connectivity index (χ4v) is 2.27. The minimum absolute atomic E-state index is 0.414. The van der Waals surface area contributed by atoms with E-state index in [4.69, 9.17) is 5.84 Å². The summed E-state index contributed by atoms with van der Waals surface area (Å²) in [6.45, 7) is 2.31. The van der Waals surface area contributed by atoms with Gasteiger partial charge in [-0.05, 0) is 65.0 Å². The van der Waals surface area contributed by atoms with Crippen LogP contribution in [-0.4, -0.2) is 6.04 Å². The van der Waals surface area contributed by atoms with Crippen LogP contribution < -0.4 is 11.3 Å². The Kier molecular flexibility index (Phi) is 3.33. The number of nitrogens with one attached hydrogen (secondary N) is 1. The molecular weight excluding hydrogens is 299 g/mol. The van der Waals surface area contributed by atoms with Gasteiger partial charge in [0.25, 0.3) is 0 Å². The van der Waals surface area contributed by atoms with E-state index in [1.165, 1.54) is 22.0 Å². The van der Waals surface area contributed by atoms with Gasteiger partial charge in [-0.3, -0.25) is 11.3 Å². The molecular formula is C12H17IN2. The molecule has 0 amide bonds. The van der Waals surface area contributed by atoms with Gasteiger partial charge in [0.05, 0.1) is 0 Å². The number of nitrogens with two attached hydrogens (primary N) is 1. The molecule has 2 rings (SSSR count). The van der Waals surface area contributed by atoms with Crippen molar-refractivity contribution < 1.29 is 0 Å². The third-order valence-electron chi connectivity index (χ3n) is 3.43. The highest BCUT2D eigenvalue weighted by Gasteiger charge is 2.44. The molecule has 0 aromatic heterocycles. The molecule has 82 valence electrons. The molecule has 1 unspecified atom stereocenters. The van der Waals surface area contributed by atoms with Crippen LogP contribution in [0.5, 0.6) is 0 Å². The topological polar surface area (TPSA) is 38.0 Å². The maximum absolute atomic E-state index is 5.63. The Labute approximate surface area is 105 Å². The first-order valence-electron chi connectivity index (χ1n) is 5.35. The van der Waals surface area contributed by atoms with Crippen molar-refractivity contribution in [3.05, 3.63) is 33.4 Å². The lowest BCUT2D eigenvalue weighted by Crippen LogP contribution is -2.42. The molecule has 0 bridgehead atoms. The van der Waals surface area contributed by atoms with Gasteiger partial charge in [-0.15, -0.1) is 0 Å². The first kappa shape index (κ1) is 11.4. The summed E-state index contributed by atoms with van der Waals surface area (Å²) >= 11 is 2.33. The molecule has 0 radical (unpaired) electrons. The van der Waals surface area contributed by atoms with Gasteiger partial charge in [-0.1, -0.05) is 19.1 Å². The second kappa shape index (κ2) is 4.39.